The highest BCUT2D eigenvalue weighted by Crippen LogP contribution is 2.20. The number of primary sulfonamides is 1. The molecule has 136 valence electrons. The number of nitrogens with two attached hydrogens (primary N) is 1. The van der Waals surface area contributed by atoms with Crippen LogP contribution in [0.25, 0.3) is 11.4 Å². The lowest BCUT2D eigenvalue weighted by atomic mass is 10.1. The van der Waals surface area contributed by atoms with Gasteiger partial charge in [0.15, 0.2) is 5.82 Å². The molecule has 2 N–H and O–H groups in total. The first kappa shape index (κ1) is 17.9. The molecule has 1 heterocycles. The number of benzene rings is 2. The van der Waals surface area contributed by atoms with Crippen molar-refractivity contribution in [1.82, 2.24) is 9.72 Å². The molecule has 26 heavy (non-hydrogen) atoms. The van der Waals surface area contributed by atoms with Crippen molar-refractivity contribution in [3.8, 4) is 17.1 Å². The lowest BCUT2D eigenvalue weighted by Gasteiger charge is -2.09. The SMILES string of the molecule is Cc1ccccc1-c1noc(=O)n1CCOc1ccc(S(N)(=O)=O)cc1. The first-order valence-electron chi connectivity index (χ1n) is 7.74. The maximum atomic E-state index is 11.9. The van der Waals surface area contributed by atoms with Gasteiger partial charge in [0.2, 0.25) is 10.0 Å². The van der Waals surface area contributed by atoms with Crippen LogP contribution in [0.15, 0.2) is 62.7 Å². The third-order valence-corrected chi connectivity index (χ3v) is 4.74. The molecule has 0 spiro atoms. The molecule has 3 rings (SSSR count). The summed E-state index contributed by atoms with van der Waals surface area (Å²) in [6, 6.07) is 13.2. The fraction of sp³-hybridized carbons (Fsp3) is 0.176. The minimum Gasteiger partial charge on any atom is -0.492 e. The maximum Gasteiger partial charge on any atom is 0.441 e. The second-order valence-electron chi connectivity index (χ2n) is 5.60. The minimum atomic E-state index is -3.74. The summed E-state index contributed by atoms with van der Waals surface area (Å²) in [5, 5.41) is 8.90. The van der Waals surface area contributed by atoms with Gasteiger partial charge in [-0.15, -0.1) is 0 Å². The van der Waals surface area contributed by atoms with Crippen LogP contribution in [-0.2, 0) is 16.6 Å². The highest BCUT2D eigenvalue weighted by atomic mass is 32.2. The normalized spacial score (nSPS) is 11.5. The van der Waals surface area contributed by atoms with Gasteiger partial charge in [-0.1, -0.05) is 29.4 Å². The van der Waals surface area contributed by atoms with Crippen LogP contribution in [0.4, 0.5) is 0 Å². The van der Waals surface area contributed by atoms with Crippen LogP contribution in [0, 0.1) is 6.92 Å². The van der Waals surface area contributed by atoms with Crippen LogP contribution in [0.1, 0.15) is 5.56 Å². The molecular weight excluding hydrogens is 358 g/mol. The number of aromatic nitrogens is 2. The summed E-state index contributed by atoms with van der Waals surface area (Å²) in [6.07, 6.45) is 0. The Kier molecular flexibility index (Phi) is 4.92. The van der Waals surface area contributed by atoms with Gasteiger partial charge in [-0.25, -0.2) is 18.4 Å². The largest absolute Gasteiger partial charge is 0.492 e. The molecule has 1 aromatic heterocycles. The lowest BCUT2D eigenvalue weighted by molar-refractivity contribution is 0.290. The minimum absolute atomic E-state index is 0.00180. The van der Waals surface area contributed by atoms with E-state index in [2.05, 4.69) is 5.16 Å². The Balaban J connectivity index is 1.72. The van der Waals surface area contributed by atoms with Crippen LogP contribution < -0.4 is 15.6 Å². The quantitative estimate of drug-likeness (QED) is 0.698. The van der Waals surface area contributed by atoms with E-state index in [1.54, 1.807) is 0 Å². The van der Waals surface area contributed by atoms with Crippen LogP contribution in [0.5, 0.6) is 5.75 Å². The molecule has 0 unspecified atom stereocenters. The summed E-state index contributed by atoms with van der Waals surface area (Å²) in [5.41, 5.74) is 1.77. The molecule has 3 aromatic rings. The monoisotopic (exact) mass is 375 g/mol. The highest BCUT2D eigenvalue weighted by molar-refractivity contribution is 7.89. The third-order valence-electron chi connectivity index (χ3n) is 3.81. The Hall–Kier alpha value is -2.91. The van der Waals surface area contributed by atoms with E-state index in [0.717, 1.165) is 11.1 Å². The zero-order valence-corrected chi connectivity index (χ0v) is 14.8. The molecule has 8 nitrogen and oxygen atoms in total. The van der Waals surface area contributed by atoms with E-state index in [4.69, 9.17) is 14.4 Å². The van der Waals surface area contributed by atoms with Gasteiger partial charge in [0.25, 0.3) is 0 Å². The molecule has 0 aliphatic rings. The van der Waals surface area contributed by atoms with Gasteiger partial charge in [-0.05, 0) is 36.8 Å². The van der Waals surface area contributed by atoms with Crippen molar-refractivity contribution in [2.24, 2.45) is 5.14 Å². The summed E-state index contributed by atoms with van der Waals surface area (Å²) in [6.45, 7) is 2.32. The molecule has 0 aliphatic heterocycles. The first-order chi connectivity index (χ1) is 12.4. The Labute approximate surface area is 149 Å². The topological polar surface area (TPSA) is 117 Å². The number of hydrogen-bond acceptors (Lipinski definition) is 6. The second-order valence-corrected chi connectivity index (χ2v) is 7.16. The molecule has 0 bridgehead atoms. The van der Waals surface area contributed by atoms with Gasteiger partial charge in [-0.2, -0.15) is 0 Å². The standard InChI is InChI=1S/C17H17N3O5S/c1-12-4-2-3-5-15(12)16-19-25-17(21)20(16)10-11-24-13-6-8-14(9-7-13)26(18,22)23/h2-9H,10-11H2,1H3,(H2,18,22,23). The summed E-state index contributed by atoms with van der Waals surface area (Å²) < 4.78 is 34.2. The number of aryl methyl sites for hydroxylation is 1. The van der Waals surface area contributed by atoms with Crippen LogP contribution in [0.2, 0.25) is 0 Å². The van der Waals surface area contributed by atoms with Gasteiger partial charge >= 0.3 is 5.76 Å². The fourth-order valence-corrected chi connectivity index (χ4v) is 2.98. The molecule has 0 saturated heterocycles. The van der Waals surface area contributed by atoms with E-state index >= 15 is 0 Å². The van der Waals surface area contributed by atoms with E-state index in [1.807, 2.05) is 31.2 Å². The van der Waals surface area contributed by atoms with E-state index in [9.17, 15) is 13.2 Å². The van der Waals surface area contributed by atoms with Crippen molar-refractivity contribution in [2.75, 3.05) is 6.61 Å². The van der Waals surface area contributed by atoms with Crippen molar-refractivity contribution < 1.29 is 17.7 Å². The molecule has 0 radical (unpaired) electrons. The summed E-state index contributed by atoms with van der Waals surface area (Å²) in [7, 11) is -3.74. The zero-order valence-electron chi connectivity index (χ0n) is 14.0. The predicted octanol–water partition coefficient (Wildman–Crippen LogP) is 1.54. The number of rotatable bonds is 6. The Bertz CT molecular complexity index is 1070. The molecule has 2 aromatic carbocycles. The van der Waals surface area contributed by atoms with Gasteiger partial charge in [0.1, 0.15) is 12.4 Å². The van der Waals surface area contributed by atoms with Crippen molar-refractivity contribution >= 4 is 10.0 Å². The second kappa shape index (κ2) is 7.14. The number of sulfonamides is 1. The van der Waals surface area contributed by atoms with E-state index < -0.39 is 15.8 Å². The summed E-state index contributed by atoms with van der Waals surface area (Å²) in [5.74, 6) is 0.317. The summed E-state index contributed by atoms with van der Waals surface area (Å²) >= 11 is 0. The van der Waals surface area contributed by atoms with Crippen LogP contribution in [-0.4, -0.2) is 24.7 Å². The van der Waals surface area contributed by atoms with Crippen molar-refractivity contribution in [3.63, 3.8) is 0 Å². The van der Waals surface area contributed by atoms with E-state index in [1.165, 1.54) is 28.8 Å². The predicted molar refractivity (Wildman–Crippen MR) is 94.2 cm³/mol. The fourth-order valence-electron chi connectivity index (χ4n) is 2.46. The van der Waals surface area contributed by atoms with Crippen LogP contribution >= 0.6 is 0 Å². The summed E-state index contributed by atoms with van der Waals surface area (Å²) in [4.78, 5) is 11.9. The molecule has 0 atom stereocenters. The van der Waals surface area contributed by atoms with Crippen molar-refractivity contribution in [2.45, 2.75) is 18.4 Å². The average molecular weight is 375 g/mol. The molecule has 0 saturated carbocycles. The molecular formula is C17H17N3O5S. The third kappa shape index (κ3) is 3.84. The Morgan fingerprint density at radius 2 is 1.85 bits per heavy atom. The zero-order chi connectivity index (χ0) is 18.7. The van der Waals surface area contributed by atoms with Crippen LogP contribution in [0.3, 0.4) is 0 Å². The smallest absolute Gasteiger partial charge is 0.441 e. The lowest BCUT2D eigenvalue weighted by Crippen LogP contribution is -2.20. The average Bonchev–Trinajstić information content (AvgIpc) is 2.96. The van der Waals surface area contributed by atoms with E-state index in [-0.39, 0.29) is 18.0 Å². The van der Waals surface area contributed by atoms with E-state index in [0.29, 0.717) is 11.6 Å². The molecule has 0 aliphatic carbocycles. The Morgan fingerprint density at radius 3 is 2.50 bits per heavy atom. The van der Waals surface area contributed by atoms with Gasteiger partial charge in [-0.3, -0.25) is 9.09 Å². The Morgan fingerprint density at radius 1 is 1.15 bits per heavy atom. The highest BCUT2D eigenvalue weighted by Gasteiger charge is 2.14. The molecule has 0 amide bonds. The van der Waals surface area contributed by atoms with Crippen molar-refractivity contribution in [1.29, 1.82) is 0 Å². The molecule has 0 fully saturated rings. The van der Waals surface area contributed by atoms with Gasteiger partial charge in [0, 0.05) is 5.56 Å². The van der Waals surface area contributed by atoms with Gasteiger partial charge in [0.05, 0.1) is 11.4 Å². The molecule has 9 heteroatoms. The van der Waals surface area contributed by atoms with Gasteiger partial charge < -0.3 is 4.74 Å². The number of ether oxygens (including phenoxy) is 1. The number of hydrogen-bond donors (Lipinski definition) is 1. The number of nitrogens with zero attached hydrogens (tertiary/aromatic N) is 2. The van der Waals surface area contributed by atoms with Crippen molar-refractivity contribution in [3.05, 3.63) is 64.6 Å². The maximum absolute atomic E-state index is 11.9. The first-order valence-corrected chi connectivity index (χ1v) is 9.29.